The summed E-state index contributed by atoms with van der Waals surface area (Å²) in [7, 11) is 0. The van der Waals surface area contributed by atoms with Crippen LogP contribution in [0.15, 0.2) is 24.3 Å². The summed E-state index contributed by atoms with van der Waals surface area (Å²) in [4.78, 5) is 0. The summed E-state index contributed by atoms with van der Waals surface area (Å²) < 4.78 is 0. The van der Waals surface area contributed by atoms with Crippen molar-refractivity contribution >= 4 is 11.4 Å². The fraction of sp³-hybridized carbons (Fsp3) is 0.571. The van der Waals surface area contributed by atoms with Crippen molar-refractivity contribution in [3.05, 3.63) is 24.3 Å². The summed E-state index contributed by atoms with van der Waals surface area (Å²) in [5, 5.41) is 3.52. The molecule has 2 atom stereocenters. The van der Waals surface area contributed by atoms with E-state index >= 15 is 0 Å². The normalized spacial score (nSPS) is 25.3. The quantitative estimate of drug-likeness (QED) is 0.762. The maximum absolute atomic E-state index is 5.66. The van der Waals surface area contributed by atoms with Gasteiger partial charge in [0, 0.05) is 17.9 Å². The Hall–Kier alpha value is -1.18. The zero-order valence-corrected chi connectivity index (χ0v) is 10.1. The van der Waals surface area contributed by atoms with Crippen molar-refractivity contribution in [1.82, 2.24) is 0 Å². The first kappa shape index (κ1) is 11.3. The zero-order chi connectivity index (χ0) is 11.4. The molecule has 0 bridgehead atoms. The van der Waals surface area contributed by atoms with Crippen LogP contribution < -0.4 is 11.1 Å². The van der Waals surface area contributed by atoms with E-state index in [1.807, 2.05) is 12.1 Å². The van der Waals surface area contributed by atoms with Crippen molar-refractivity contribution in [2.45, 2.75) is 32.6 Å². The highest BCUT2D eigenvalue weighted by Crippen LogP contribution is 2.29. The molecular formula is C14H22N2. The highest BCUT2D eigenvalue weighted by molar-refractivity contribution is 5.51. The smallest absolute Gasteiger partial charge is 0.0341 e. The third-order valence-corrected chi connectivity index (χ3v) is 3.77. The van der Waals surface area contributed by atoms with Crippen LogP contribution in [0.5, 0.6) is 0 Å². The molecule has 1 saturated carbocycles. The van der Waals surface area contributed by atoms with Crippen LogP contribution >= 0.6 is 0 Å². The molecule has 3 N–H and O–H groups in total. The summed E-state index contributed by atoms with van der Waals surface area (Å²) in [5.41, 5.74) is 7.68. The van der Waals surface area contributed by atoms with Gasteiger partial charge in [0.15, 0.2) is 0 Å². The number of nitrogen functional groups attached to an aromatic ring is 1. The van der Waals surface area contributed by atoms with Gasteiger partial charge in [0.25, 0.3) is 0 Å². The largest absolute Gasteiger partial charge is 0.399 e. The van der Waals surface area contributed by atoms with Gasteiger partial charge in [-0.1, -0.05) is 26.2 Å². The van der Waals surface area contributed by atoms with E-state index in [4.69, 9.17) is 5.73 Å². The molecule has 1 aromatic carbocycles. The van der Waals surface area contributed by atoms with Crippen molar-refractivity contribution in [2.24, 2.45) is 11.8 Å². The van der Waals surface area contributed by atoms with Crippen molar-refractivity contribution in [3.63, 3.8) is 0 Å². The van der Waals surface area contributed by atoms with Crippen LogP contribution in [0, 0.1) is 11.8 Å². The van der Waals surface area contributed by atoms with E-state index in [9.17, 15) is 0 Å². The van der Waals surface area contributed by atoms with Crippen LogP contribution in [0.4, 0.5) is 11.4 Å². The monoisotopic (exact) mass is 218 g/mol. The Balaban J connectivity index is 1.84. The minimum atomic E-state index is 0.830. The topological polar surface area (TPSA) is 38.0 Å². The van der Waals surface area contributed by atoms with Crippen molar-refractivity contribution in [2.75, 3.05) is 17.6 Å². The molecule has 16 heavy (non-hydrogen) atoms. The molecule has 2 heteroatoms. The van der Waals surface area contributed by atoms with E-state index in [2.05, 4.69) is 24.4 Å². The molecule has 0 aromatic heterocycles. The van der Waals surface area contributed by atoms with Crippen molar-refractivity contribution in [1.29, 1.82) is 0 Å². The van der Waals surface area contributed by atoms with Gasteiger partial charge in [-0.2, -0.15) is 0 Å². The minimum absolute atomic E-state index is 0.830. The number of hydrogen-bond acceptors (Lipinski definition) is 2. The van der Waals surface area contributed by atoms with Crippen molar-refractivity contribution in [3.8, 4) is 0 Å². The van der Waals surface area contributed by atoms with Crippen LogP contribution in [0.3, 0.4) is 0 Å². The third-order valence-electron chi connectivity index (χ3n) is 3.77. The summed E-state index contributed by atoms with van der Waals surface area (Å²) in [6.45, 7) is 3.49. The average Bonchev–Trinajstić information content (AvgIpc) is 2.30. The molecule has 0 aliphatic heterocycles. The van der Waals surface area contributed by atoms with Gasteiger partial charge in [-0.3, -0.25) is 0 Å². The predicted octanol–water partition coefficient (Wildman–Crippen LogP) is 3.51. The number of rotatable bonds is 3. The van der Waals surface area contributed by atoms with Gasteiger partial charge in [-0.05, 0) is 42.5 Å². The van der Waals surface area contributed by atoms with E-state index in [-0.39, 0.29) is 0 Å². The Kier molecular flexibility index (Phi) is 3.70. The number of nitrogens with one attached hydrogen (secondary N) is 1. The van der Waals surface area contributed by atoms with E-state index in [0.717, 1.165) is 24.1 Å². The second-order valence-corrected chi connectivity index (χ2v) is 5.02. The van der Waals surface area contributed by atoms with Crippen LogP contribution in [0.1, 0.15) is 32.6 Å². The molecule has 0 saturated heterocycles. The molecule has 1 aromatic rings. The maximum atomic E-state index is 5.66. The molecule has 88 valence electrons. The Bertz CT molecular complexity index is 318. The average molecular weight is 218 g/mol. The Labute approximate surface area is 98.2 Å². The molecule has 0 heterocycles. The summed E-state index contributed by atoms with van der Waals surface area (Å²) in [6.07, 6.45) is 5.59. The van der Waals surface area contributed by atoms with Crippen LogP contribution in [0.2, 0.25) is 0 Å². The highest BCUT2D eigenvalue weighted by Gasteiger charge is 2.20. The second kappa shape index (κ2) is 5.24. The zero-order valence-electron chi connectivity index (χ0n) is 10.1. The molecule has 0 amide bonds. The molecule has 1 aliphatic rings. The van der Waals surface area contributed by atoms with Gasteiger partial charge in [-0.25, -0.2) is 0 Å². The molecule has 2 rings (SSSR count). The van der Waals surface area contributed by atoms with Gasteiger partial charge in [-0.15, -0.1) is 0 Å². The lowest BCUT2D eigenvalue weighted by molar-refractivity contribution is 0.268. The Morgan fingerprint density at radius 3 is 2.56 bits per heavy atom. The number of hydrogen-bond donors (Lipinski definition) is 2. The molecule has 2 unspecified atom stereocenters. The minimum Gasteiger partial charge on any atom is -0.399 e. The van der Waals surface area contributed by atoms with Gasteiger partial charge in [0.05, 0.1) is 0 Å². The first-order valence-corrected chi connectivity index (χ1v) is 6.35. The fourth-order valence-electron chi connectivity index (χ4n) is 2.55. The first-order chi connectivity index (χ1) is 7.75. The first-order valence-electron chi connectivity index (χ1n) is 6.35. The molecule has 1 fully saturated rings. The number of nitrogens with two attached hydrogens (primary N) is 1. The molecule has 2 nitrogen and oxygen atoms in total. The predicted molar refractivity (Wildman–Crippen MR) is 70.5 cm³/mol. The van der Waals surface area contributed by atoms with Gasteiger partial charge in [0.1, 0.15) is 0 Å². The lowest BCUT2D eigenvalue weighted by Crippen LogP contribution is -2.24. The highest BCUT2D eigenvalue weighted by atomic mass is 14.9. The van der Waals surface area contributed by atoms with E-state index in [1.165, 1.54) is 31.4 Å². The number of benzene rings is 1. The van der Waals surface area contributed by atoms with E-state index in [0.29, 0.717) is 0 Å². The Morgan fingerprint density at radius 2 is 1.88 bits per heavy atom. The van der Waals surface area contributed by atoms with Gasteiger partial charge >= 0.3 is 0 Å². The molecule has 0 spiro atoms. The lowest BCUT2D eigenvalue weighted by Gasteiger charge is -2.29. The fourth-order valence-corrected chi connectivity index (χ4v) is 2.55. The van der Waals surface area contributed by atoms with Gasteiger partial charge in [0.2, 0.25) is 0 Å². The second-order valence-electron chi connectivity index (χ2n) is 5.02. The van der Waals surface area contributed by atoms with E-state index < -0.39 is 0 Å². The summed E-state index contributed by atoms with van der Waals surface area (Å²) in [6, 6.07) is 8.02. The van der Waals surface area contributed by atoms with Crippen LogP contribution in [-0.2, 0) is 0 Å². The Morgan fingerprint density at radius 1 is 1.19 bits per heavy atom. The van der Waals surface area contributed by atoms with E-state index in [1.54, 1.807) is 0 Å². The van der Waals surface area contributed by atoms with Crippen LogP contribution in [0.25, 0.3) is 0 Å². The van der Waals surface area contributed by atoms with Crippen LogP contribution in [-0.4, -0.2) is 6.54 Å². The van der Waals surface area contributed by atoms with Crippen molar-refractivity contribution < 1.29 is 0 Å². The SMILES string of the molecule is CC1CCCCC1CNc1ccc(N)cc1. The molecule has 0 radical (unpaired) electrons. The standard InChI is InChI=1S/C14H22N2/c1-11-4-2-3-5-12(11)10-16-14-8-6-13(15)7-9-14/h6-9,11-12,16H,2-5,10,15H2,1H3. The summed E-state index contributed by atoms with van der Waals surface area (Å²) in [5.74, 6) is 1.71. The summed E-state index contributed by atoms with van der Waals surface area (Å²) >= 11 is 0. The number of anilines is 2. The molecule has 1 aliphatic carbocycles. The third kappa shape index (κ3) is 2.91. The van der Waals surface area contributed by atoms with Gasteiger partial charge < -0.3 is 11.1 Å². The molecular weight excluding hydrogens is 196 g/mol. The maximum Gasteiger partial charge on any atom is 0.0341 e. The lowest BCUT2D eigenvalue weighted by atomic mass is 9.80.